The fraction of sp³-hybridized carbons (Fsp3) is 0.714. The van der Waals surface area contributed by atoms with E-state index in [0.29, 0.717) is 11.3 Å². The van der Waals surface area contributed by atoms with Gasteiger partial charge in [0.1, 0.15) is 0 Å². The Kier molecular flexibility index (Phi) is 1.55. The lowest BCUT2D eigenvalue weighted by Gasteiger charge is -1.94. The van der Waals surface area contributed by atoms with Crippen molar-refractivity contribution in [1.82, 2.24) is 0 Å². The third-order valence-corrected chi connectivity index (χ3v) is 2.04. The van der Waals surface area contributed by atoms with Crippen LogP contribution in [0.15, 0.2) is 11.4 Å². The monoisotopic (exact) mass is 148 g/mol. The Morgan fingerprint density at radius 3 is 2.33 bits per heavy atom. The van der Waals surface area contributed by atoms with Gasteiger partial charge in [0, 0.05) is 0 Å². The average molecular weight is 149 g/mol. The smallest absolute Gasteiger partial charge is 0.185 e. The maximum atomic E-state index is 12.0. The summed E-state index contributed by atoms with van der Waals surface area (Å²) in [5, 5.41) is -0.564. The molecule has 1 aliphatic carbocycles. The first-order valence-corrected chi connectivity index (χ1v) is 3.43. The summed E-state index contributed by atoms with van der Waals surface area (Å²) in [6.07, 6.45) is 2.55. The Bertz CT molecular complexity index is 145. The standard InChI is InChI=1S/C7H10ClF/c1-7(2)4-5(7)3-6(8)9/h3,5H,4H2,1-2H3. The molecule has 0 radical (unpaired) electrons. The van der Waals surface area contributed by atoms with Crippen molar-refractivity contribution in [2.45, 2.75) is 20.3 Å². The largest absolute Gasteiger partial charge is 0.194 e. The van der Waals surface area contributed by atoms with Crippen LogP contribution in [-0.4, -0.2) is 0 Å². The van der Waals surface area contributed by atoms with Gasteiger partial charge in [0.15, 0.2) is 5.29 Å². The van der Waals surface area contributed by atoms with E-state index in [1.54, 1.807) is 0 Å². The maximum Gasteiger partial charge on any atom is 0.185 e. The van der Waals surface area contributed by atoms with Crippen LogP contribution in [0.3, 0.4) is 0 Å². The van der Waals surface area contributed by atoms with Crippen LogP contribution in [0.2, 0.25) is 0 Å². The average Bonchev–Trinajstić information content (AvgIpc) is 2.10. The molecule has 0 amide bonds. The van der Waals surface area contributed by atoms with Crippen LogP contribution >= 0.6 is 11.6 Å². The summed E-state index contributed by atoms with van der Waals surface area (Å²) in [5.41, 5.74) is 0.298. The molecule has 2 heteroatoms. The molecule has 52 valence electrons. The van der Waals surface area contributed by atoms with E-state index < -0.39 is 5.29 Å². The molecule has 1 fully saturated rings. The van der Waals surface area contributed by atoms with Crippen LogP contribution in [-0.2, 0) is 0 Å². The molecule has 0 aromatic rings. The molecule has 1 aliphatic rings. The fourth-order valence-electron chi connectivity index (χ4n) is 0.944. The molecule has 0 aromatic carbocycles. The number of halogens is 2. The molecule has 1 unspecified atom stereocenters. The summed E-state index contributed by atoms with van der Waals surface area (Å²) in [6, 6.07) is 0. The van der Waals surface area contributed by atoms with Crippen molar-refractivity contribution in [1.29, 1.82) is 0 Å². The van der Waals surface area contributed by atoms with Gasteiger partial charge in [-0.05, 0) is 23.8 Å². The van der Waals surface area contributed by atoms with Crippen molar-refractivity contribution >= 4 is 11.6 Å². The second kappa shape index (κ2) is 1.98. The highest BCUT2D eigenvalue weighted by molar-refractivity contribution is 6.28. The van der Waals surface area contributed by atoms with E-state index in [-0.39, 0.29) is 0 Å². The second-order valence-corrected chi connectivity index (χ2v) is 3.62. The van der Waals surface area contributed by atoms with E-state index in [2.05, 4.69) is 13.8 Å². The lowest BCUT2D eigenvalue weighted by atomic mass is 10.1. The molecule has 0 spiro atoms. The quantitative estimate of drug-likeness (QED) is 0.536. The van der Waals surface area contributed by atoms with Crippen molar-refractivity contribution in [3.8, 4) is 0 Å². The van der Waals surface area contributed by atoms with Crippen molar-refractivity contribution in [2.75, 3.05) is 0 Å². The number of rotatable bonds is 1. The molecule has 0 aromatic heterocycles. The Hall–Kier alpha value is -0.0400. The van der Waals surface area contributed by atoms with Crippen LogP contribution in [0.5, 0.6) is 0 Å². The van der Waals surface area contributed by atoms with Gasteiger partial charge in [-0.3, -0.25) is 0 Å². The van der Waals surface area contributed by atoms with Crippen molar-refractivity contribution in [3.63, 3.8) is 0 Å². The van der Waals surface area contributed by atoms with Gasteiger partial charge in [-0.15, -0.1) is 0 Å². The molecule has 9 heavy (non-hydrogen) atoms. The van der Waals surface area contributed by atoms with Gasteiger partial charge in [-0.2, -0.15) is 4.39 Å². The minimum absolute atomic E-state index is 0.298. The second-order valence-electron chi connectivity index (χ2n) is 3.26. The highest BCUT2D eigenvalue weighted by Crippen LogP contribution is 2.53. The normalized spacial score (nSPS) is 32.4. The van der Waals surface area contributed by atoms with Gasteiger partial charge in [-0.1, -0.05) is 25.4 Å². The summed E-state index contributed by atoms with van der Waals surface area (Å²) in [4.78, 5) is 0. The summed E-state index contributed by atoms with van der Waals surface area (Å²) < 4.78 is 12.0. The first-order chi connectivity index (χ1) is 4.02. The third-order valence-electron chi connectivity index (χ3n) is 1.92. The lowest BCUT2D eigenvalue weighted by Crippen LogP contribution is -1.85. The van der Waals surface area contributed by atoms with Gasteiger partial charge in [-0.25, -0.2) is 0 Å². The molecule has 1 atom stereocenters. The minimum atomic E-state index is -0.564. The van der Waals surface area contributed by atoms with Gasteiger partial charge >= 0.3 is 0 Å². The highest BCUT2D eigenvalue weighted by Gasteiger charge is 2.44. The molecular weight excluding hydrogens is 139 g/mol. The number of hydrogen-bond acceptors (Lipinski definition) is 0. The van der Waals surface area contributed by atoms with Crippen molar-refractivity contribution < 1.29 is 4.39 Å². The van der Waals surface area contributed by atoms with Gasteiger partial charge < -0.3 is 0 Å². The Balaban J connectivity index is 2.45. The lowest BCUT2D eigenvalue weighted by molar-refractivity contribution is 0.599. The minimum Gasteiger partial charge on any atom is -0.194 e. The SMILES string of the molecule is CC1(C)CC1C=C(F)Cl. The van der Waals surface area contributed by atoms with Crippen LogP contribution in [0.1, 0.15) is 20.3 Å². The summed E-state index contributed by atoms with van der Waals surface area (Å²) in [5.74, 6) is 0.370. The van der Waals surface area contributed by atoms with E-state index in [0.717, 1.165) is 6.42 Å². The zero-order chi connectivity index (χ0) is 7.07. The molecular formula is C7H10ClF. The molecule has 1 rings (SSSR count). The third kappa shape index (κ3) is 1.68. The Morgan fingerprint density at radius 1 is 1.78 bits per heavy atom. The fourth-order valence-corrected chi connectivity index (χ4v) is 1.10. The molecule has 0 bridgehead atoms. The van der Waals surface area contributed by atoms with Gasteiger partial charge in [0.05, 0.1) is 0 Å². The van der Waals surface area contributed by atoms with E-state index in [1.165, 1.54) is 6.08 Å². The number of allylic oxidation sites excluding steroid dienone is 1. The molecule has 0 saturated heterocycles. The molecule has 0 nitrogen and oxygen atoms in total. The topological polar surface area (TPSA) is 0 Å². The van der Waals surface area contributed by atoms with E-state index in [4.69, 9.17) is 11.6 Å². The summed E-state index contributed by atoms with van der Waals surface area (Å²) >= 11 is 5.03. The van der Waals surface area contributed by atoms with Crippen LogP contribution in [0, 0.1) is 11.3 Å². The Labute approximate surface area is 59.7 Å². The first-order valence-electron chi connectivity index (χ1n) is 3.05. The zero-order valence-electron chi connectivity index (χ0n) is 5.62. The van der Waals surface area contributed by atoms with Crippen LogP contribution in [0.4, 0.5) is 4.39 Å². The predicted molar refractivity (Wildman–Crippen MR) is 36.9 cm³/mol. The van der Waals surface area contributed by atoms with E-state index >= 15 is 0 Å². The van der Waals surface area contributed by atoms with E-state index in [9.17, 15) is 4.39 Å². The van der Waals surface area contributed by atoms with Gasteiger partial charge in [0.2, 0.25) is 0 Å². The van der Waals surface area contributed by atoms with Crippen LogP contribution < -0.4 is 0 Å². The molecule has 1 saturated carbocycles. The van der Waals surface area contributed by atoms with Crippen molar-refractivity contribution in [3.05, 3.63) is 11.4 Å². The molecule has 0 aliphatic heterocycles. The summed E-state index contributed by atoms with van der Waals surface area (Å²) in [6.45, 7) is 4.21. The Morgan fingerprint density at radius 2 is 2.22 bits per heavy atom. The summed E-state index contributed by atoms with van der Waals surface area (Å²) in [7, 11) is 0. The first kappa shape index (κ1) is 7.07. The van der Waals surface area contributed by atoms with E-state index in [1.807, 2.05) is 0 Å². The highest BCUT2D eigenvalue weighted by atomic mass is 35.5. The predicted octanol–water partition coefficient (Wildman–Crippen LogP) is 3.08. The van der Waals surface area contributed by atoms with Crippen molar-refractivity contribution in [2.24, 2.45) is 11.3 Å². The zero-order valence-corrected chi connectivity index (χ0v) is 6.37. The molecule has 0 N–H and O–H groups in total. The maximum absolute atomic E-state index is 12.0. The van der Waals surface area contributed by atoms with Gasteiger partial charge in [0.25, 0.3) is 0 Å². The number of hydrogen-bond donors (Lipinski definition) is 0. The van der Waals surface area contributed by atoms with Crippen LogP contribution in [0.25, 0.3) is 0 Å². The molecule has 0 heterocycles.